The van der Waals surface area contributed by atoms with Crippen LogP contribution in [0.2, 0.25) is 0 Å². The highest BCUT2D eigenvalue weighted by Crippen LogP contribution is 2.36. The summed E-state index contributed by atoms with van der Waals surface area (Å²) >= 11 is 0. The summed E-state index contributed by atoms with van der Waals surface area (Å²) < 4.78 is 0. The lowest BCUT2D eigenvalue weighted by Crippen LogP contribution is -2.47. The third-order valence-corrected chi connectivity index (χ3v) is 9.40. The minimum atomic E-state index is 0.109. The molecule has 36 heavy (non-hydrogen) atoms. The van der Waals surface area contributed by atoms with Crippen molar-refractivity contribution in [2.75, 3.05) is 9.80 Å². The summed E-state index contributed by atoms with van der Waals surface area (Å²) in [6, 6.07) is 2.42. The summed E-state index contributed by atoms with van der Waals surface area (Å²) in [5.41, 5.74) is 0. The topological polar surface area (TPSA) is 66.4 Å². The highest BCUT2D eigenvalue weighted by Gasteiger charge is 2.36. The molecular formula is C30H46N4O2. The summed E-state index contributed by atoms with van der Waals surface area (Å²) in [6.45, 7) is 0. The first-order valence-electron chi connectivity index (χ1n) is 15.2. The lowest BCUT2D eigenvalue weighted by molar-refractivity contribution is -0.124. The Labute approximate surface area is 217 Å². The summed E-state index contributed by atoms with van der Waals surface area (Å²) in [7, 11) is 0. The molecule has 4 fully saturated rings. The third-order valence-electron chi connectivity index (χ3n) is 9.40. The number of anilines is 2. The van der Waals surface area contributed by atoms with Crippen LogP contribution in [0.3, 0.4) is 0 Å². The number of rotatable bonds is 6. The second-order valence-electron chi connectivity index (χ2n) is 11.9. The molecule has 0 unspecified atom stereocenters. The molecule has 0 radical (unpaired) electrons. The molecule has 5 rings (SSSR count). The van der Waals surface area contributed by atoms with Crippen molar-refractivity contribution in [3.05, 3.63) is 12.4 Å². The molecule has 4 aliphatic carbocycles. The zero-order chi connectivity index (χ0) is 24.7. The van der Waals surface area contributed by atoms with Gasteiger partial charge in [0.2, 0.25) is 11.8 Å². The van der Waals surface area contributed by atoms with Crippen LogP contribution >= 0.6 is 0 Å². The standard InChI is InChI=1S/C30H46N4O2/c35-29(23-13-5-1-6-14-23)33(25-17-9-3-10-18-25)27-21-28(32-22-31-27)34(26-19-11-4-12-20-26)30(36)24-15-7-2-8-16-24/h21-26H,1-20H2. The monoisotopic (exact) mass is 494 g/mol. The molecule has 0 aromatic carbocycles. The molecule has 6 heteroatoms. The zero-order valence-corrected chi connectivity index (χ0v) is 22.2. The van der Waals surface area contributed by atoms with Gasteiger partial charge in [-0.2, -0.15) is 0 Å². The fraction of sp³-hybridized carbons (Fsp3) is 0.800. The SMILES string of the molecule is O=C(C1CCCCC1)N(c1cc(N(C(=O)C2CCCCC2)C2CCCCC2)ncn1)C1CCCCC1. The maximum absolute atomic E-state index is 13.9. The van der Waals surface area contributed by atoms with Crippen molar-refractivity contribution < 1.29 is 9.59 Å². The van der Waals surface area contributed by atoms with Gasteiger partial charge in [-0.3, -0.25) is 19.4 Å². The number of aromatic nitrogens is 2. The first-order valence-corrected chi connectivity index (χ1v) is 15.2. The van der Waals surface area contributed by atoms with Crippen LogP contribution in [-0.4, -0.2) is 33.9 Å². The number of carbonyl (C=O) groups is 2. The van der Waals surface area contributed by atoms with Crippen molar-refractivity contribution in [2.24, 2.45) is 11.8 Å². The van der Waals surface area contributed by atoms with Crippen molar-refractivity contribution in [1.82, 2.24) is 9.97 Å². The molecule has 6 nitrogen and oxygen atoms in total. The van der Waals surface area contributed by atoms with E-state index in [4.69, 9.17) is 0 Å². The van der Waals surface area contributed by atoms with Crippen LogP contribution in [0, 0.1) is 11.8 Å². The molecule has 1 aromatic rings. The fourth-order valence-electron chi connectivity index (χ4n) is 7.33. The average Bonchev–Trinajstić information content (AvgIpc) is 2.96. The molecule has 2 amide bonds. The van der Waals surface area contributed by atoms with Crippen molar-refractivity contribution >= 4 is 23.5 Å². The van der Waals surface area contributed by atoms with Crippen molar-refractivity contribution in [2.45, 2.75) is 141 Å². The molecule has 4 saturated carbocycles. The van der Waals surface area contributed by atoms with E-state index in [0.717, 1.165) is 88.7 Å². The van der Waals surface area contributed by atoms with E-state index in [1.165, 1.54) is 51.4 Å². The predicted octanol–water partition coefficient (Wildman–Crippen LogP) is 6.97. The predicted molar refractivity (Wildman–Crippen MR) is 144 cm³/mol. The van der Waals surface area contributed by atoms with Crippen LogP contribution in [0.4, 0.5) is 11.6 Å². The molecule has 0 atom stereocenters. The Morgan fingerprint density at radius 2 is 0.861 bits per heavy atom. The highest BCUT2D eigenvalue weighted by molar-refractivity contribution is 5.97. The van der Waals surface area contributed by atoms with E-state index in [1.54, 1.807) is 6.33 Å². The Morgan fingerprint density at radius 3 is 1.22 bits per heavy atom. The van der Waals surface area contributed by atoms with E-state index in [-0.39, 0.29) is 35.7 Å². The van der Waals surface area contributed by atoms with Gasteiger partial charge < -0.3 is 0 Å². The minimum absolute atomic E-state index is 0.109. The molecule has 4 aliphatic rings. The molecule has 0 saturated heterocycles. The molecule has 1 aromatic heterocycles. The smallest absolute Gasteiger partial charge is 0.231 e. The van der Waals surface area contributed by atoms with E-state index in [2.05, 4.69) is 9.97 Å². The van der Waals surface area contributed by atoms with E-state index in [0.29, 0.717) is 0 Å². The Hall–Kier alpha value is -1.98. The van der Waals surface area contributed by atoms with Crippen LogP contribution in [0.25, 0.3) is 0 Å². The quantitative estimate of drug-likeness (QED) is 0.428. The van der Waals surface area contributed by atoms with E-state index in [9.17, 15) is 9.59 Å². The minimum Gasteiger partial charge on any atom is -0.293 e. The van der Waals surface area contributed by atoms with Crippen LogP contribution in [0.5, 0.6) is 0 Å². The van der Waals surface area contributed by atoms with Crippen molar-refractivity contribution in [3.8, 4) is 0 Å². The van der Waals surface area contributed by atoms with Gasteiger partial charge in [0, 0.05) is 30.0 Å². The van der Waals surface area contributed by atoms with Crippen molar-refractivity contribution in [1.29, 1.82) is 0 Å². The Bertz CT molecular complexity index is 798. The van der Waals surface area contributed by atoms with Gasteiger partial charge in [-0.1, -0.05) is 77.0 Å². The fourth-order valence-corrected chi connectivity index (χ4v) is 7.33. The molecule has 0 N–H and O–H groups in total. The van der Waals surface area contributed by atoms with Crippen LogP contribution in [0.15, 0.2) is 12.4 Å². The zero-order valence-electron chi connectivity index (χ0n) is 22.2. The summed E-state index contributed by atoms with van der Waals surface area (Å²) in [5.74, 6) is 2.18. The average molecular weight is 495 g/mol. The second kappa shape index (κ2) is 12.5. The Kier molecular flexibility index (Phi) is 8.92. The van der Waals surface area contributed by atoms with Gasteiger partial charge in [0.05, 0.1) is 0 Å². The maximum Gasteiger partial charge on any atom is 0.231 e. The Morgan fingerprint density at radius 1 is 0.528 bits per heavy atom. The van der Waals surface area contributed by atoms with Gasteiger partial charge in [-0.05, 0) is 51.4 Å². The van der Waals surface area contributed by atoms with Gasteiger partial charge in [-0.15, -0.1) is 0 Å². The lowest BCUT2D eigenvalue weighted by atomic mass is 9.86. The molecular weight excluding hydrogens is 448 g/mol. The third kappa shape index (κ3) is 5.94. The number of nitrogens with zero attached hydrogens (tertiary/aromatic N) is 4. The van der Waals surface area contributed by atoms with Gasteiger partial charge >= 0.3 is 0 Å². The largest absolute Gasteiger partial charge is 0.293 e. The van der Waals surface area contributed by atoms with Crippen molar-refractivity contribution in [3.63, 3.8) is 0 Å². The first kappa shape index (κ1) is 25.7. The normalized spacial score (nSPS) is 23.3. The van der Waals surface area contributed by atoms with E-state index < -0.39 is 0 Å². The number of carbonyl (C=O) groups excluding carboxylic acids is 2. The first-order chi connectivity index (χ1) is 17.7. The molecule has 0 bridgehead atoms. The van der Waals surface area contributed by atoms with Crippen LogP contribution < -0.4 is 9.80 Å². The molecule has 198 valence electrons. The molecule has 0 spiro atoms. The highest BCUT2D eigenvalue weighted by atomic mass is 16.2. The van der Waals surface area contributed by atoms with Gasteiger partial charge in [0.15, 0.2) is 0 Å². The van der Waals surface area contributed by atoms with Gasteiger partial charge in [-0.25, -0.2) is 9.97 Å². The number of hydrogen-bond donors (Lipinski definition) is 0. The number of hydrogen-bond acceptors (Lipinski definition) is 4. The molecule has 1 heterocycles. The summed E-state index contributed by atoms with van der Waals surface area (Å²) in [6.07, 6.45) is 24.0. The maximum atomic E-state index is 13.9. The lowest BCUT2D eigenvalue weighted by Gasteiger charge is -2.38. The molecule has 0 aliphatic heterocycles. The van der Waals surface area contributed by atoms with E-state index >= 15 is 0 Å². The Balaban J connectivity index is 1.46. The van der Waals surface area contributed by atoms with Gasteiger partial charge in [0.1, 0.15) is 18.0 Å². The number of amides is 2. The summed E-state index contributed by atoms with van der Waals surface area (Å²) in [4.78, 5) is 41.4. The van der Waals surface area contributed by atoms with E-state index in [1.807, 2.05) is 15.9 Å². The summed E-state index contributed by atoms with van der Waals surface area (Å²) in [5, 5.41) is 0. The second-order valence-corrected chi connectivity index (χ2v) is 11.9. The van der Waals surface area contributed by atoms with Gasteiger partial charge in [0.25, 0.3) is 0 Å². The van der Waals surface area contributed by atoms with Crippen LogP contribution in [-0.2, 0) is 9.59 Å². The van der Waals surface area contributed by atoms with Crippen LogP contribution in [0.1, 0.15) is 128 Å².